The van der Waals surface area contributed by atoms with Gasteiger partial charge in [-0.15, -0.1) is 0 Å². The van der Waals surface area contributed by atoms with Crippen molar-refractivity contribution in [3.63, 3.8) is 0 Å². The molecule has 0 radical (unpaired) electrons. The van der Waals surface area contributed by atoms with Crippen LogP contribution in [0.25, 0.3) is 0 Å². The second-order valence-corrected chi connectivity index (χ2v) is 4.15. The Morgan fingerprint density at radius 2 is 2.38 bits per heavy atom. The second-order valence-electron chi connectivity index (χ2n) is 2.27. The molecule has 0 fully saturated rings. The van der Waals surface area contributed by atoms with Gasteiger partial charge in [-0.2, -0.15) is 0 Å². The predicted molar refractivity (Wildman–Crippen MR) is 55.6 cm³/mol. The number of carbonyl (C=O) groups is 1. The monoisotopic (exact) mass is 261 g/mol. The highest BCUT2D eigenvalue weighted by Gasteiger charge is 1.97. The summed E-state index contributed by atoms with van der Waals surface area (Å²) in [5, 5.41) is 8.36. The molecular formula is C8H8BrNO2S. The molecule has 0 aliphatic rings. The van der Waals surface area contributed by atoms with E-state index in [1.807, 2.05) is 24.3 Å². The zero-order valence-corrected chi connectivity index (χ0v) is 9.06. The predicted octanol–water partition coefficient (Wildman–Crippen LogP) is 2.13. The van der Waals surface area contributed by atoms with Gasteiger partial charge in [0, 0.05) is 9.37 Å². The van der Waals surface area contributed by atoms with E-state index < -0.39 is 5.97 Å². The fourth-order valence-electron chi connectivity index (χ4n) is 0.712. The zero-order chi connectivity index (χ0) is 9.68. The maximum absolute atomic E-state index is 10.2. The lowest BCUT2D eigenvalue weighted by Gasteiger charge is -2.00. The van der Waals surface area contributed by atoms with Crippen LogP contribution < -0.4 is 4.72 Å². The molecule has 13 heavy (non-hydrogen) atoms. The van der Waals surface area contributed by atoms with Crippen molar-refractivity contribution in [2.24, 2.45) is 0 Å². The summed E-state index contributed by atoms with van der Waals surface area (Å²) < 4.78 is 3.71. The summed E-state index contributed by atoms with van der Waals surface area (Å²) in [7, 11) is 0. The minimum atomic E-state index is -0.859. The molecule has 0 spiro atoms. The van der Waals surface area contributed by atoms with Crippen LogP contribution in [0.15, 0.2) is 33.6 Å². The molecule has 0 aliphatic heterocycles. The number of rotatable bonds is 4. The number of aliphatic carboxylic acids is 1. The summed E-state index contributed by atoms with van der Waals surface area (Å²) in [6, 6.07) is 7.64. The largest absolute Gasteiger partial charge is 0.480 e. The highest BCUT2D eigenvalue weighted by Crippen LogP contribution is 2.18. The van der Waals surface area contributed by atoms with E-state index in [2.05, 4.69) is 20.7 Å². The number of carboxylic acid groups (broad SMARTS) is 1. The first kappa shape index (κ1) is 10.6. The zero-order valence-electron chi connectivity index (χ0n) is 6.66. The molecule has 2 N–H and O–H groups in total. The van der Waals surface area contributed by atoms with E-state index in [-0.39, 0.29) is 6.54 Å². The van der Waals surface area contributed by atoms with Gasteiger partial charge in [-0.05, 0) is 30.1 Å². The summed E-state index contributed by atoms with van der Waals surface area (Å²) in [4.78, 5) is 11.2. The Bertz CT molecular complexity index is 306. The van der Waals surface area contributed by atoms with E-state index in [0.717, 1.165) is 9.37 Å². The fourth-order valence-corrected chi connectivity index (χ4v) is 1.96. The molecule has 0 unspecified atom stereocenters. The van der Waals surface area contributed by atoms with Crippen molar-refractivity contribution in [3.8, 4) is 0 Å². The average molecular weight is 262 g/mol. The molecule has 1 aromatic carbocycles. The quantitative estimate of drug-likeness (QED) is 0.816. The molecule has 1 rings (SSSR count). The first-order chi connectivity index (χ1) is 6.18. The van der Waals surface area contributed by atoms with Gasteiger partial charge >= 0.3 is 5.97 Å². The van der Waals surface area contributed by atoms with E-state index in [1.54, 1.807) is 0 Å². The Hall–Kier alpha value is -0.520. The van der Waals surface area contributed by atoms with Crippen LogP contribution in [0.2, 0.25) is 0 Å². The molecule has 70 valence electrons. The molecule has 0 atom stereocenters. The van der Waals surface area contributed by atoms with Gasteiger partial charge in [-0.25, -0.2) is 4.72 Å². The minimum Gasteiger partial charge on any atom is -0.480 e. The first-order valence-electron chi connectivity index (χ1n) is 3.55. The van der Waals surface area contributed by atoms with Gasteiger partial charge in [0.15, 0.2) is 0 Å². The van der Waals surface area contributed by atoms with Crippen LogP contribution in [0.5, 0.6) is 0 Å². The first-order valence-corrected chi connectivity index (χ1v) is 5.16. The van der Waals surface area contributed by atoms with E-state index in [4.69, 9.17) is 5.11 Å². The Balaban J connectivity index is 2.41. The van der Waals surface area contributed by atoms with Crippen LogP contribution in [0, 0.1) is 0 Å². The molecule has 0 saturated heterocycles. The summed E-state index contributed by atoms with van der Waals surface area (Å²) in [5.41, 5.74) is 0. The molecule has 0 aromatic heterocycles. The smallest absolute Gasteiger partial charge is 0.318 e. The van der Waals surface area contributed by atoms with Crippen molar-refractivity contribution in [2.75, 3.05) is 6.54 Å². The lowest BCUT2D eigenvalue weighted by atomic mass is 10.4. The van der Waals surface area contributed by atoms with Gasteiger partial charge in [0.05, 0.1) is 0 Å². The molecule has 0 heterocycles. The number of hydrogen-bond acceptors (Lipinski definition) is 3. The molecular weight excluding hydrogens is 254 g/mol. The molecule has 3 nitrogen and oxygen atoms in total. The van der Waals surface area contributed by atoms with Crippen LogP contribution >= 0.6 is 27.9 Å². The Kier molecular flexibility index (Phi) is 4.27. The molecule has 1 aromatic rings. The van der Waals surface area contributed by atoms with E-state index in [0.29, 0.717) is 0 Å². The summed E-state index contributed by atoms with van der Waals surface area (Å²) >= 11 is 4.63. The van der Waals surface area contributed by atoms with E-state index >= 15 is 0 Å². The second kappa shape index (κ2) is 5.26. The van der Waals surface area contributed by atoms with Crippen molar-refractivity contribution in [1.29, 1.82) is 0 Å². The van der Waals surface area contributed by atoms with Crippen LogP contribution in [0.4, 0.5) is 0 Å². The lowest BCUT2D eigenvalue weighted by molar-refractivity contribution is -0.135. The van der Waals surface area contributed by atoms with Crippen LogP contribution in [-0.4, -0.2) is 17.6 Å². The van der Waals surface area contributed by atoms with Crippen LogP contribution in [0.3, 0.4) is 0 Å². The fraction of sp³-hybridized carbons (Fsp3) is 0.125. The number of nitrogens with one attached hydrogen (secondary N) is 1. The third kappa shape index (κ3) is 4.31. The highest BCUT2D eigenvalue weighted by molar-refractivity contribution is 9.10. The normalized spacial score (nSPS) is 9.92. The van der Waals surface area contributed by atoms with Gasteiger partial charge in [-0.3, -0.25) is 4.79 Å². The molecule has 0 aliphatic carbocycles. The van der Waals surface area contributed by atoms with Crippen molar-refractivity contribution in [1.82, 2.24) is 4.72 Å². The van der Waals surface area contributed by atoms with Crippen LogP contribution in [0.1, 0.15) is 0 Å². The van der Waals surface area contributed by atoms with Gasteiger partial charge in [0.2, 0.25) is 0 Å². The Labute approximate surface area is 88.8 Å². The molecule has 0 saturated carbocycles. The van der Waals surface area contributed by atoms with Crippen molar-refractivity contribution < 1.29 is 9.90 Å². The van der Waals surface area contributed by atoms with Crippen molar-refractivity contribution in [3.05, 3.63) is 28.7 Å². The maximum Gasteiger partial charge on any atom is 0.318 e. The van der Waals surface area contributed by atoms with E-state index in [9.17, 15) is 4.79 Å². The third-order valence-corrected chi connectivity index (χ3v) is 2.48. The minimum absolute atomic E-state index is 0.0445. The van der Waals surface area contributed by atoms with Gasteiger partial charge in [-0.1, -0.05) is 22.0 Å². The number of benzene rings is 1. The topological polar surface area (TPSA) is 49.3 Å². The number of halogens is 1. The molecule has 5 heteroatoms. The SMILES string of the molecule is O=C(O)CNSc1cccc(Br)c1. The average Bonchev–Trinajstić information content (AvgIpc) is 2.03. The molecule has 0 amide bonds. The van der Waals surface area contributed by atoms with Gasteiger partial charge < -0.3 is 5.11 Å². The standard InChI is InChI=1S/C8H8BrNO2S/c9-6-2-1-3-7(4-6)13-10-5-8(11)12/h1-4,10H,5H2,(H,11,12). The number of carboxylic acids is 1. The van der Waals surface area contributed by atoms with Gasteiger partial charge in [0.25, 0.3) is 0 Å². The van der Waals surface area contributed by atoms with Gasteiger partial charge in [0.1, 0.15) is 6.54 Å². The third-order valence-electron chi connectivity index (χ3n) is 1.21. The maximum atomic E-state index is 10.2. The Morgan fingerprint density at radius 1 is 1.62 bits per heavy atom. The molecule has 0 bridgehead atoms. The lowest BCUT2D eigenvalue weighted by Crippen LogP contribution is -2.15. The number of hydrogen-bond donors (Lipinski definition) is 2. The van der Waals surface area contributed by atoms with Crippen molar-refractivity contribution >= 4 is 33.8 Å². The highest BCUT2D eigenvalue weighted by atomic mass is 79.9. The Morgan fingerprint density at radius 3 is 3.00 bits per heavy atom. The summed E-state index contributed by atoms with van der Waals surface area (Å²) in [5.74, 6) is -0.859. The van der Waals surface area contributed by atoms with Crippen molar-refractivity contribution in [2.45, 2.75) is 4.90 Å². The summed E-state index contributed by atoms with van der Waals surface area (Å²) in [6.07, 6.45) is 0. The van der Waals surface area contributed by atoms with Crippen LogP contribution in [-0.2, 0) is 4.79 Å². The van der Waals surface area contributed by atoms with E-state index in [1.165, 1.54) is 11.9 Å². The summed E-state index contributed by atoms with van der Waals surface area (Å²) in [6.45, 7) is -0.0445.